The van der Waals surface area contributed by atoms with Crippen LogP contribution in [0.15, 0.2) is 18.2 Å². The fraction of sp³-hybridized carbons (Fsp3) is 0.600. The SMILES string of the molecule is NCC1CCCOC1c1ccc2c(c1)OCCCO2. The van der Waals surface area contributed by atoms with E-state index >= 15 is 0 Å². The minimum Gasteiger partial charge on any atom is -0.490 e. The van der Waals surface area contributed by atoms with Crippen LogP contribution < -0.4 is 15.2 Å². The monoisotopic (exact) mass is 263 g/mol. The number of hydrogen-bond acceptors (Lipinski definition) is 4. The Balaban J connectivity index is 1.86. The summed E-state index contributed by atoms with van der Waals surface area (Å²) in [5, 5.41) is 0. The lowest BCUT2D eigenvalue weighted by atomic mass is 9.89. The molecule has 2 N–H and O–H groups in total. The largest absolute Gasteiger partial charge is 0.490 e. The van der Waals surface area contributed by atoms with Gasteiger partial charge in [-0.2, -0.15) is 0 Å². The van der Waals surface area contributed by atoms with Crippen LogP contribution in [0.25, 0.3) is 0 Å². The molecule has 2 unspecified atom stereocenters. The van der Waals surface area contributed by atoms with E-state index in [0.29, 0.717) is 19.1 Å². The Labute approximate surface area is 113 Å². The quantitative estimate of drug-likeness (QED) is 0.889. The van der Waals surface area contributed by atoms with Gasteiger partial charge in [-0.15, -0.1) is 0 Å². The van der Waals surface area contributed by atoms with Crippen molar-refractivity contribution in [2.45, 2.75) is 25.4 Å². The van der Waals surface area contributed by atoms with Gasteiger partial charge in [0.15, 0.2) is 11.5 Å². The highest BCUT2D eigenvalue weighted by Gasteiger charge is 2.27. The van der Waals surface area contributed by atoms with Crippen molar-refractivity contribution in [3.8, 4) is 11.5 Å². The summed E-state index contributed by atoms with van der Waals surface area (Å²) in [4.78, 5) is 0. The first-order chi connectivity index (χ1) is 9.38. The lowest BCUT2D eigenvalue weighted by Crippen LogP contribution is -2.28. The average molecular weight is 263 g/mol. The molecule has 0 bridgehead atoms. The van der Waals surface area contributed by atoms with Crippen molar-refractivity contribution in [1.82, 2.24) is 0 Å². The molecule has 2 heterocycles. The Morgan fingerprint density at radius 1 is 1.05 bits per heavy atom. The van der Waals surface area contributed by atoms with E-state index < -0.39 is 0 Å². The first-order valence-electron chi connectivity index (χ1n) is 7.09. The lowest BCUT2D eigenvalue weighted by Gasteiger charge is -2.31. The maximum absolute atomic E-state index is 5.91. The van der Waals surface area contributed by atoms with E-state index in [1.54, 1.807) is 0 Å². The molecule has 0 aromatic heterocycles. The van der Waals surface area contributed by atoms with Gasteiger partial charge in [0, 0.05) is 18.9 Å². The summed E-state index contributed by atoms with van der Waals surface area (Å²) in [6.45, 7) is 2.91. The highest BCUT2D eigenvalue weighted by atomic mass is 16.5. The van der Waals surface area contributed by atoms with Crippen LogP contribution in [0.4, 0.5) is 0 Å². The third kappa shape index (κ3) is 2.69. The Hall–Kier alpha value is -1.26. The molecule has 19 heavy (non-hydrogen) atoms. The number of hydrogen-bond donors (Lipinski definition) is 1. The molecule has 2 aliphatic rings. The summed E-state index contributed by atoms with van der Waals surface area (Å²) < 4.78 is 17.3. The number of ether oxygens (including phenoxy) is 3. The number of benzene rings is 1. The Morgan fingerprint density at radius 3 is 2.74 bits per heavy atom. The summed E-state index contributed by atoms with van der Waals surface area (Å²) in [6, 6.07) is 6.12. The molecule has 1 saturated heterocycles. The summed E-state index contributed by atoms with van der Waals surface area (Å²) in [6.07, 6.45) is 3.25. The third-order valence-corrected chi connectivity index (χ3v) is 3.85. The van der Waals surface area contributed by atoms with Crippen LogP contribution in [0.5, 0.6) is 11.5 Å². The molecule has 1 fully saturated rings. The minimum absolute atomic E-state index is 0.0934. The molecular weight excluding hydrogens is 242 g/mol. The second-order valence-electron chi connectivity index (χ2n) is 5.19. The van der Waals surface area contributed by atoms with E-state index in [1.807, 2.05) is 6.07 Å². The average Bonchev–Trinajstić information content (AvgIpc) is 2.71. The van der Waals surface area contributed by atoms with Gasteiger partial charge in [-0.3, -0.25) is 0 Å². The fourth-order valence-electron chi connectivity index (χ4n) is 2.81. The predicted octanol–water partition coefficient (Wildman–Crippen LogP) is 2.27. The number of nitrogens with two attached hydrogens (primary N) is 1. The summed E-state index contributed by atoms with van der Waals surface area (Å²) in [5.41, 5.74) is 7.01. The molecule has 0 saturated carbocycles. The van der Waals surface area contributed by atoms with Crippen LogP contribution in [0.1, 0.15) is 30.9 Å². The van der Waals surface area contributed by atoms with E-state index in [2.05, 4.69) is 12.1 Å². The highest BCUT2D eigenvalue weighted by Crippen LogP contribution is 2.38. The molecule has 1 aromatic rings. The molecule has 0 spiro atoms. The molecule has 0 aliphatic carbocycles. The van der Waals surface area contributed by atoms with Gasteiger partial charge in [-0.05, 0) is 37.1 Å². The van der Waals surface area contributed by atoms with Gasteiger partial charge < -0.3 is 19.9 Å². The highest BCUT2D eigenvalue weighted by molar-refractivity contribution is 5.44. The van der Waals surface area contributed by atoms with Crippen LogP contribution in [0.2, 0.25) is 0 Å². The van der Waals surface area contributed by atoms with E-state index in [4.69, 9.17) is 19.9 Å². The second-order valence-corrected chi connectivity index (χ2v) is 5.19. The van der Waals surface area contributed by atoms with E-state index in [1.165, 1.54) is 0 Å². The van der Waals surface area contributed by atoms with Gasteiger partial charge >= 0.3 is 0 Å². The van der Waals surface area contributed by atoms with Gasteiger partial charge in [0.2, 0.25) is 0 Å². The molecule has 4 heteroatoms. The number of rotatable bonds is 2. The van der Waals surface area contributed by atoms with Crippen LogP contribution in [-0.2, 0) is 4.74 Å². The summed E-state index contributed by atoms with van der Waals surface area (Å²) >= 11 is 0. The maximum atomic E-state index is 5.91. The van der Waals surface area contributed by atoms with Crippen molar-refractivity contribution in [2.75, 3.05) is 26.4 Å². The fourth-order valence-corrected chi connectivity index (χ4v) is 2.81. The number of fused-ring (bicyclic) bond motifs is 1. The van der Waals surface area contributed by atoms with Crippen LogP contribution in [0, 0.1) is 5.92 Å². The minimum atomic E-state index is 0.0934. The molecule has 3 rings (SSSR count). The second kappa shape index (κ2) is 5.80. The van der Waals surface area contributed by atoms with Crippen molar-refractivity contribution in [2.24, 2.45) is 11.7 Å². The normalized spacial score (nSPS) is 26.8. The van der Waals surface area contributed by atoms with E-state index in [-0.39, 0.29) is 6.10 Å². The molecular formula is C15H21NO3. The molecule has 2 aliphatic heterocycles. The van der Waals surface area contributed by atoms with E-state index in [9.17, 15) is 0 Å². The molecule has 0 radical (unpaired) electrons. The Kier molecular flexibility index (Phi) is 3.89. The van der Waals surface area contributed by atoms with Crippen LogP contribution in [-0.4, -0.2) is 26.4 Å². The van der Waals surface area contributed by atoms with E-state index in [0.717, 1.165) is 49.5 Å². The van der Waals surface area contributed by atoms with Crippen molar-refractivity contribution >= 4 is 0 Å². The zero-order chi connectivity index (χ0) is 13.1. The predicted molar refractivity (Wildman–Crippen MR) is 72.5 cm³/mol. The molecule has 104 valence electrons. The first kappa shape index (κ1) is 12.8. The van der Waals surface area contributed by atoms with Crippen LogP contribution in [0.3, 0.4) is 0 Å². The van der Waals surface area contributed by atoms with Gasteiger partial charge in [0.1, 0.15) is 0 Å². The molecule has 4 nitrogen and oxygen atoms in total. The van der Waals surface area contributed by atoms with Crippen molar-refractivity contribution in [3.63, 3.8) is 0 Å². The molecule has 1 aromatic carbocycles. The smallest absolute Gasteiger partial charge is 0.161 e. The molecule has 2 atom stereocenters. The Bertz CT molecular complexity index is 435. The third-order valence-electron chi connectivity index (χ3n) is 3.85. The summed E-state index contributed by atoms with van der Waals surface area (Å²) in [7, 11) is 0. The Morgan fingerprint density at radius 2 is 1.89 bits per heavy atom. The van der Waals surface area contributed by atoms with Gasteiger partial charge in [-0.25, -0.2) is 0 Å². The summed E-state index contributed by atoms with van der Waals surface area (Å²) in [5.74, 6) is 2.07. The zero-order valence-electron chi connectivity index (χ0n) is 11.1. The van der Waals surface area contributed by atoms with Gasteiger partial charge in [0.25, 0.3) is 0 Å². The first-order valence-corrected chi connectivity index (χ1v) is 7.09. The van der Waals surface area contributed by atoms with Gasteiger partial charge in [-0.1, -0.05) is 6.07 Å². The van der Waals surface area contributed by atoms with Crippen molar-refractivity contribution in [3.05, 3.63) is 23.8 Å². The molecule has 0 amide bonds. The zero-order valence-corrected chi connectivity index (χ0v) is 11.1. The van der Waals surface area contributed by atoms with Gasteiger partial charge in [0.05, 0.1) is 19.3 Å². The lowest BCUT2D eigenvalue weighted by molar-refractivity contribution is -0.0252. The van der Waals surface area contributed by atoms with Crippen molar-refractivity contribution < 1.29 is 14.2 Å². The maximum Gasteiger partial charge on any atom is 0.161 e. The van der Waals surface area contributed by atoms with Crippen LogP contribution >= 0.6 is 0 Å². The standard InChI is InChI=1S/C15H21NO3/c16-10-12-3-1-6-19-15(12)11-4-5-13-14(9-11)18-8-2-7-17-13/h4-5,9,12,15H,1-3,6-8,10,16H2. The van der Waals surface area contributed by atoms with Crippen molar-refractivity contribution in [1.29, 1.82) is 0 Å². The topological polar surface area (TPSA) is 53.7 Å².